The van der Waals surface area contributed by atoms with Gasteiger partial charge in [-0.15, -0.1) is 0 Å². The Kier molecular flexibility index (Phi) is 4.38. The minimum absolute atomic E-state index is 0.00792. The summed E-state index contributed by atoms with van der Waals surface area (Å²) in [4.78, 5) is 25.3. The molecule has 0 aliphatic heterocycles. The molecular weight excluding hydrogens is 296 g/mol. The molecule has 1 N–H and O–H groups in total. The Morgan fingerprint density at radius 1 is 1.43 bits per heavy atom. The van der Waals surface area contributed by atoms with Gasteiger partial charge in [-0.2, -0.15) is 8.42 Å². The Labute approximate surface area is 123 Å². The van der Waals surface area contributed by atoms with Crippen molar-refractivity contribution in [1.29, 1.82) is 0 Å². The first-order chi connectivity index (χ1) is 9.73. The molecule has 0 amide bonds. The fraction of sp³-hybridized carbons (Fsp3) is 0.692. The summed E-state index contributed by atoms with van der Waals surface area (Å²) in [6, 6.07) is 0.854. The van der Waals surface area contributed by atoms with Crippen molar-refractivity contribution in [2.75, 3.05) is 6.26 Å². The van der Waals surface area contributed by atoms with Crippen LogP contribution in [0.4, 0.5) is 0 Å². The lowest BCUT2D eigenvalue weighted by atomic mass is 9.95. The van der Waals surface area contributed by atoms with Crippen LogP contribution in [0.5, 0.6) is 0 Å². The number of hydrogen-bond acceptors (Lipinski definition) is 5. The quantitative estimate of drug-likeness (QED) is 0.815. The largest absolute Gasteiger partial charge is 0.328 e. The summed E-state index contributed by atoms with van der Waals surface area (Å²) in [7, 11) is -3.62. The van der Waals surface area contributed by atoms with E-state index >= 15 is 0 Å². The van der Waals surface area contributed by atoms with Crippen LogP contribution in [0.25, 0.3) is 0 Å². The molecule has 21 heavy (non-hydrogen) atoms. The molecule has 0 bridgehead atoms. The minimum atomic E-state index is -3.62. The molecule has 2 rings (SSSR count). The van der Waals surface area contributed by atoms with Gasteiger partial charge in [-0.25, -0.2) is 4.79 Å². The van der Waals surface area contributed by atoms with E-state index < -0.39 is 33.5 Å². The van der Waals surface area contributed by atoms with Crippen LogP contribution in [-0.4, -0.2) is 30.3 Å². The molecule has 118 valence electrons. The molecule has 1 aliphatic carbocycles. The maximum Gasteiger partial charge on any atom is 0.328 e. The lowest BCUT2D eigenvalue weighted by molar-refractivity contribution is 0.125. The van der Waals surface area contributed by atoms with Gasteiger partial charge < -0.3 is 0 Å². The van der Waals surface area contributed by atoms with Gasteiger partial charge in [-0.1, -0.05) is 20.3 Å². The summed E-state index contributed by atoms with van der Waals surface area (Å²) >= 11 is 0. The highest BCUT2D eigenvalue weighted by molar-refractivity contribution is 7.86. The first kappa shape index (κ1) is 16.0. The van der Waals surface area contributed by atoms with Crippen LogP contribution in [0.1, 0.15) is 32.7 Å². The number of aromatic amines is 1. The summed E-state index contributed by atoms with van der Waals surface area (Å²) in [6.07, 6.45) is 3.32. The Bertz CT molecular complexity index is 721. The molecule has 0 aromatic carbocycles. The van der Waals surface area contributed by atoms with E-state index in [0.717, 1.165) is 12.7 Å². The number of aromatic nitrogens is 2. The van der Waals surface area contributed by atoms with Crippen molar-refractivity contribution in [3.05, 3.63) is 33.1 Å². The number of hydrogen-bond donors (Lipinski definition) is 1. The van der Waals surface area contributed by atoms with Crippen LogP contribution >= 0.6 is 0 Å². The molecule has 1 aromatic rings. The topological polar surface area (TPSA) is 98.2 Å². The van der Waals surface area contributed by atoms with E-state index in [0.29, 0.717) is 6.42 Å². The molecule has 0 spiro atoms. The zero-order chi connectivity index (χ0) is 15.8. The number of H-pyrrole nitrogens is 1. The molecule has 1 saturated carbocycles. The molecular formula is C13H20N2O5S. The first-order valence-electron chi connectivity index (χ1n) is 6.92. The zero-order valence-electron chi connectivity index (χ0n) is 12.3. The van der Waals surface area contributed by atoms with Gasteiger partial charge in [0.1, 0.15) is 6.10 Å². The van der Waals surface area contributed by atoms with E-state index in [-0.39, 0.29) is 11.8 Å². The van der Waals surface area contributed by atoms with E-state index in [4.69, 9.17) is 4.18 Å². The first-order valence-corrected chi connectivity index (χ1v) is 8.74. The lowest BCUT2D eigenvalue weighted by Crippen LogP contribution is -2.37. The maximum absolute atomic E-state index is 11.9. The van der Waals surface area contributed by atoms with Crippen LogP contribution in [0.2, 0.25) is 0 Å². The van der Waals surface area contributed by atoms with Gasteiger partial charge in [-0.05, 0) is 18.3 Å². The number of rotatable bonds is 4. The predicted molar refractivity (Wildman–Crippen MR) is 77.6 cm³/mol. The standard InChI is InChI=1S/C13H20N2O5S/c1-4-9-7-10(12(8(9)2)20-21(3,18)19)15-6-5-11(16)14-13(15)17/h5-6,8-10,12H,4,7H2,1-3H3,(H,14,16,17)/t8-,9-,10+,12?/m0/s1. The van der Waals surface area contributed by atoms with E-state index in [2.05, 4.69) is 4.98 Å². The second-order valence-electron chi connectivity index (χ2n) is 5.61. The van der Waals surface area contributed by atoms with Crippen LogP contribution in [0.3, 0.4) is 0 Å². The van der Waals surface area contributed by atoms with Crippen LogP contribution in [-0.2, 0) is 14.3 Å². The molecule has 0 saturated heterocycles. The number of nitrogens with one attached hydrogen (secondary N) is 1. The highest BCUT2D eigenvalue weighted by Crippen LogP contribution is 2.42. The zero-order valence-corrected chi connectivity index (χ0v) is 13.1. The Balaban J connectivity index is 2.43. The van der Waals surface area contributed by atoms with Gasteiger partial charge in [-0.3, -0.25) is 18.5 Å². The molecule has 1 aliphatic rings. The van der Waals surface area contributed by atoms with E-state index in [1.165, 1.54) is 16.8 Å². The average molecular weight is 316 g/mol. The molecule has 1 heterocycles. The monoisotopic (exact) mass is 316 g/mol. The summed E-state index contributed by atoms with van der Waals surface area (Å²) in [5.74, 6) is 0.272. The summed E-state index contributed by atoms with van der Waals surface area (Å²) < 4.78 is 29.5. The molecule has 4 atom stereocenters. The smallest absolute Gasteiger partial charge is 0.295 e. The summed E-state index contributed by atoms with van der Waals surface area (Å²) in [5.41, 5.74) is -1.02. The van der Waals surface area contributed by atoms with Crippen LogP contribution < -0.4 is 11.2 Å². The fourth-order valence-corrected chi connectivity index (χ4v) is 3.84. The predicted octanol–water partition coefficient (Wildman–Crippen LogP) is 0.488. The fourth-order valence-electron chi connectivity index (χ4n) is 3.13. The van der Waals surface area contributed by atoms with Crippen molar-refractivity contribution in [3.8, 4) is 0 Å². The second kappa shape index (κ2) is 5.76. The number of nitrogens with zero attached hydrogens (tertiary/aromatic N) is 1. The van der Waals surface area contributed by atoms with Gasteiger partial charge in [0.15, 0.2) is 0 Å². The molecule has 1 unspecified atom stereocenters. The summed E-state index contributed by atoms with van der Waals surface area (Å²) in [6.45, 7) is 3.96. The molecule has 1 fully saturated rings. The third-order valence-corrected chi connectivity index (χ3v) is 4.78. The average Bonchev–Trinajstić information content (AvgIpc) is 2.65. The van der Waals surface area contributed by atoms with E-state index in [1.807, 2.05) is 13.8 Å². The molecule has 0 radical (unpaired) electrons. The van der Waals surface area contributed by atoms with Gasteiger partial charge in [0.25, 0.3) is 15.7 Å². The highest BCUT2D eigenvalue weighted by atomic mass is 32.2. The summed E-state index contributed by atoms with van der Waals surface area (Å²) in [5, 5.41) is 0. The van der Waals surface area contributed by atoms with Gasteiger partial charge in [0, 0.05) is 12.3 Å². The van der Waals surface area contributed by atoms with Crippen molar-refractivity contribution in [3.63, 3.8) is 0 Å². The van der Waals surface area contributed by atoms with Crippen LogP contribution in [0.15, 0.2) is 21.9 Å². The third-order valence-electron chi connectivity index (χ3n) is 4.20. The van der Waals surface area contributed by atoms with Crippen molar-refractivity contribution in [2.24, 2.45) is 11.8 Å². The Morgan fingerprint density at radius 2 is 2.10 bits per heavy atom. The van der Waals surface area contributed by atoms with E-state index in [1.54, 1.807) is 0 Å². The maximum atomic E-state index is 11.9. The van der Waals surface area contributed by atoms with Gasteiger partial charge in [0.2, 0.25) is 0 Å². The van der Waals surface area contributed by atoms with Gasteiger partial charge >= 0.3 is 5.69 Å². The third kappa shape index (κ3) is 3.44. The Hall–Kier alpha value is -1.41. The normalized spacial score (nSPS) is 29.7. The van der Waals surface area contributed by atoms with Gasteiger partial charge in [0.05, 0.1) is 12.3 Å². The Morgan fingerprint density at radius 3 is 2.62 bits per heavy atom. The lowest BCUT2D eigenvalue weighted by Gasteiger charge is -2.23. The SMILES string of the molecule is CC[C@H]1C[C@@H](n2ccc(=O)[nH]c2=O)C(OS(C)(=O)=O)[C@H]1C. The van der Waals surface area contributed by atoms with Crippen molar-refractivity contribution >= 4 is 10.1 Å². The van der Waals surface area contributed by atoms with Crippen molar-refractivity contribution in [1.82, 2.24) is 9.55 Å². The van der Waals surface area contributed by atoms with Crippen molar-refractivity contribution in [2.45, 2.75) is 38.8 Å². The van der Waals surface area contributed by atoms with E-state index in [9.17, 15) is 18.0 Å². The molecule has 7 nitrogen and oxygen atoms in total. The second-order valence-corrected chi connectivity index (χ2v) is 7.21. The minimum Gasteiger partial charge on any atom is -0.295 e. The molecule has 8 heteroatoms. The van der Waals surface area contributed by atoms with Crippen molar-refractivity contribution < 1.29 is 12.6 Å². The highest BCUT2D eigenvalue weighted by Gasteiger charge is 2.43. The van der Waals surface area contributed by atoms with Crippen LogP contribution in [0, 0.1) is 11.8 Å². The molecule has 1 aromatic heterocycles.